The van der Waals surface area contributed by atoms with Crippen LogP contribution in [0.3, 0.4) is 0 Å². The van der Waals surface area contributed by atoms with Gasteiger partial charge in [0.05, 0.1) is 0 Å². The van der Waals surface area contributed by atoms with Gasteiger partial charge in [0, 0.05) is 0 Å². The highest BCUT2D eigenvalue weighted by molar-refractivity contribution is 7.83. The molecule has 0 N–H and O–H groups in total. The van der Waals surface area contributed by atoms with Gasteiger partial charge in [0.15, 0.2) is 0 Å². The lowest BCUT2D eigenvalue weighted by Crippen LogP contribution is -2.31. The highest BCUT2D eigenvalue weighted by Crippen LogP contribution is 2.21. The van der Waals surface area contributed by atoms with Crippen molar-refractivity contribution in [1.29, 1.82) is 0 Å². The molecule has 0 aliphatic heterocycles. The fraction of sp³-hybridized carbons (Fsp3) is 0.333. The second-order valence-corrected chi connectivity index (χ2v) is 10.9. The molecule has 0 amide bonds. The predicted octanol–water partition coefficient (Wildman–Crippen LogP) is 1.33. The van der Waals surface area contributed by atoms with Crippen LogP contribution >= 0.6 is 0 Å². The van der Waals surface area contributed by atoms with E-state index < -0.39 is 30.1 Å². The van der Waals surface area contributed by atoms with Crippen LogP contribution in [0.1, 0.15) is 0 Å². The van der Waals surface area contributed by atoms with Crippen LogP contribution in [0, 0.1) is 0 Å². The molecule has 0 fully saturated rings. The first-order valence-corrected chi connectivity index (χ1v) is 10.8. The van der Waals surface area contributed by atoms with Gasteiger partial charge in [0.2, 0.25) is 8.32 Å². The van der Waals surface area contributed by atoms with E-state index in [1.165, 1.54) is 24.3 Å². The van der Waals surface area contributed by atoms with E-state index in [0.717, 1.165) is 0 Å². The summed E-state index contributed by atoms with van der Waals surface area (Å²) in [4.78, 5) is 0. The van der Waals surface area contributed by atoms with Gasteiger partial charge in [-0.2, -0.15) is 8.42 Å². The van der Waals surface area contributed by atoms with Gasteiger partial charge in [-0.3, -0.25) is 3.87 Å². The molecule has 0 aliphatic carbocycles. The summed E-state index contributed by atoms with van der Waals surface area (Å²) >= 11 is -2.68. The summed E-state index contributed by atoms with van der Waals surface area (Å²) in [5.41, 5.74) is 0. The molecule has 1 aromatic carbocycles. The van der Waals surface area contributed by atoms with Gasteiger partial charge in [0.1, 0.15) is 22.9 Å². The highest BCUT2D eigenvalue weighted by Gasteiger charge is 2.26. The SMILES string of the molecule is C[Si](C)(C)OS(=O)(=O)Oc1ccc(OS(=O)[O-])cc1. The normalized spacial score (nSPS) is 13.9. The van der Waals surface area contributed by atoms with E-state index in [4.69, 9.17) is 8.06 Å². The third kappa shape index (κ3) is 6.68. The Morgan fingerprint density at radius 3 is 2.00 bits per heavy atom. The lowest BCUT2D eigenvalue weighted by molar-refractivity contribution is 0.390. The lowest BCUT2D eigenvalue weighted by atomic mass is 10.3. The van der Waals surface area contributed by atoms with Crippen molar-refractivity contribution in [3.05, 3.63) is 24.3 Å². The molecule has 7 nitrogen and oxygen atoms in total. The summed E-state index contributed by atoms with van der Waals surface area (Å²) in [6.07, 6.45) is 0. The maximum atomic E-state index is 11.5. The quantitative estimate of drug-likeness (QED) is 0.574. The largest absolute Gasteiger partial charge is 0.740 e. The molecule has 19 heavy (non-hydrogen) atoms. The molecule has 108 valence electrons. The molecule has 0 saturated carbocycles. The molecule has 0 aromatic heterocycles. The zero-order valence-electron chi connectivity index (χ0n) is 10.5. The van der Waals surface area contributed by atoms with Gasteiger partial charge in [-0.15, -0.1) is 0 Å². The van der Waals surface area contributed by atoms with Crippen LogP contribution in [-0.2, 0) is 25.6 Å². The summed E-state index contributed by atoms with van der Waals surface area (Å²) < 4.78 is 57.6. The van der Waals surface area contributed by atoms with Crippen molar-refractivity contribution < 1.29 is 29.4 Å². The Hall–Kier alpha value is -0.943. The Kier molecular flexibility index (Phi) is 5.09. The number of rotatable bonds is 6. The minimum Gasteiger partial charge on any atom is -0.740 e. The molecular weight excluding hydrogens is 312 g/mol. The second-order valence-electron chi connectivity index (χ2n) is 4.45. The van der Waals surface area contributed by atoms with E-state index in [1.807, 2.05) is 0 Å². The van der Waals surface area contributed by atoms with Gasteiger partial charge >= 0.3 is 10.4 Å². The molecule has 1 unspecified atom stereocenters. The first kappa shape index (κ1) is 16.1. The van der Waals surface area contributed by atoms with Crippen molar-refractivity contribution in [3.8, 4) is 11.5 Å². The second kappa shape index (κ2) is 6.01. The van der Waals surface area contributed by atoms with Crippen LogP contribution in [0.4, 0.5) is 0 Å². The Labute approximate surface area is 115 Å². The first-order valence-electron chi connectivity index (χ1n) is 5.10. The van der Waals surface area contributed by atoms with Gasteiger partial charge in [0.25, 0.3) is 0 Å². The molecule has 0 heterocycles. The highest BCUT2D eigenvalue weighted by atomic mass is 32.3. The van der Waals surface area contributed by atoms with Crippen LogP contribution in [0.5, 0.6) is 11.5 Å². The molecule has 0 spiro atoms. The summed E-state index contributed by atoms with van der Waals surface area (Å²) in [7, 11) is -6.43. The predicted molar refractivity (Wildman–Crippen MR) is 70.0 cm³/mol. The van der Waals surface area contributed by atoms with E-state index in [0.29, 0.717) is 0 Å². The van der Waals surface area contributed by atoms with Gasteiger partial charge < -0.3 is 12.9 Å². The monoisotopic (exact) mass is 325 g/mol. The van der Waals surface area contributed by atoms with Crippen LogP contribution in [0.25, 0.3) is 0 Å². The van der Waals surface area contributed by atoms with Gasteiger partial charge in [-0.1, -0.05) is 0 Å². The minimum atomic E-state index is -4.13. The van der Waals surface area contributed by atoms with Crippen LogP contribution in [0.2, 0.25) is 19.6 Å². The van der Waals surface area contributed by atoms with E-state index in [1.54, 1.807) is 19.6 Å². The minimum absolute atomic E-state index is 0.00211. The zero-order chi connectivity index (χ0) is 14.7. The molecule has 1 rings (SSSR count). The number of hydrogen-bond donors (Lipinski definition) is 0. The Bertz CT molecular complexity index is 547. The Morgan fingerprint density at radius 1 is 1.11 bits per heavy atom. The third-order valence-electron chi connectivity index (χ3n) is 1.54. The first-order chi connectivity index (χ1) is 8.57. The van der Waals surface area contributed by atoms with Crippen molar-refractivity contribution in [3.63, 3.8) is 0 Å². The van der Waals surface area contributed by atoms with Crippen LogP contribution in [-0.4, -0.2) is 25.5 Å². The van der Waals surface area contributed by atoms with Gasteiger partial charge in [-0.25, -0.2) is 4.21 Å². The number of benzene rings is 1. The molecule has 0 aliphatic rings. The van der Waals surface area contributed by atoms with Crippen molar-refractivity contribution in [2.75, 3.05) is 0 Å². The summed E-state index contributed by atoms with van der Waals surface area (Å²) in [5.74, 6) is 0.0477. The van der Waals surface area contributed by atoms with Crippen molar-refractivity contribution >= 4 is 30.1 Å². The summed E-state index contributed by atoms with van der Waals surface area (Å²) in [6, 6.07) is 5.03. The maximum Gasteiger partial charge on any atom is 0.438 e. The third-order valence-corrected chi connectivity index (χ3v) is 5.08. The molecule has 10 heteroatoms. The van der Waals surface area contributed by atoms with Crippen molar-refractivity contribution in [2.45, 2.75) is 19.6 Å². The lowest BCUT2D eigenvalue weighted by Gasteiger charge is -2.16. The maximum absolute atomic E-state index is 11.5. The summed E-state index contributed by atoms with van der Waals surface area (Å²) in [6.45, 7) is 5.11. The van der Waals surface area contributed by atoms with E-state index in [9.17, 15) is 17.2 Å². The molecule has 1 aromatic rings. The topological polar surface area (TPSA) is 102 Å². The molecule has 1 atom stereocenters. The van der Waals surface area contributed by atoms with Crippen molar-refractivity contribution in [2.24, 2.45) is 0 Å². The molecule has 0 saturated heterocycles. The average Bonchev–Trinajstić information content (AvgIpc) is 2.15. The Morgan fingerprint density at radius 2 is 1.58 bits per heavy atom. The smallest absolute Gasteiger partial charge is 0.438 e. The molecular formula is C9H13O7S2Si-. The van der Waals surface area contributed by atoms with E-state index in [2.05, 4.69) is 4.18 Å². The fourth-order valence-electron chi connectivity index (χ4n) is 1.07. The van der Waals surface area contributed by atoms with Crippen LogP contribution in [0.15, 0.2) is 24.3 Å². The average molecular weight is 325 g/mol. The van der Waals surface area contributed by atoms with Gasteiger partial charge in [-0.05, 0) is 43.9 Å². The van der Waals surface area contributed by atoms with Crippen molar-refractivity contribution in [1.82, 2.24) is 0 Å². The standard InChI is InChI=1S/C9H14O7S2Si/c1-19(2,3)16-18(12,13)15-9-6-4-8(5-7-9)14-17(10)11/h4-7H,1-3H3,(H,10,11)/p-1. The van der Waals surface area contributed by atoms with E-state index in [-0.39, 0.29) is 11.5 Å². The number of hydrogen-bond acceptors (Lipinski definition) is 7. The molecule has 0 bridgehead atoms. The molecule has 0 radical (unpaired) electrons. The Balaban J connectivity index is 2.75. The summed E-state index contributed by atoms with van der Waals surface area (Å²) in [5, 5.41) is 0. The van der Waals surface area contributed by atoms with Crippen LogP contribution < -0.4 is 8.37 Å². The van der Waals surface area contributed by atoms with E-state index >= 15 is 0 Å². The fourth-order valence-corrected chi connectivity index (χ4v) is 4.27. The zero-order valence-corrected chi connectivity index (χ0v) is 13.1.